The maximum Gasteiger partial charge on any atom is 0.404 e. The first kappa shape index (κ1) is 9.23. The molecule has 0 amide bonds. The van der Waals surface area contributed by atoms with Crippen LogP contribution in [0.15, 0.2) is 0 Å². The van der Waals surface area contributed by atoms with E-state index in [-0.39, 0.29) is 0 Å². The zero-order valence-electron chi connectivity index (χ0n) is 5.59. The van der Waals surface area contributed by atoms with E-state index in [1.54, 1.807) is 0 Å². The van der Waals surface area contributed by atoms with Crippen LogP contribution in [-0.2, 0) is 14.3 Å². The number of ether oxygens (including phenoxy) is 2. The van der Waals surface area contributed by atoms with Crippen molar-refractivity contribution in [3.05, 3.63) is 0 Å². The second kappa shape index (κ2) is 4.11. The monoisotopic (exact) mass is 166 g/mol. The summed E-state index contributed by atoms with van der Waals surface area (Å²) in [7, 11) is 1.20. The summed E-state index contributed by atoms with van der Waals surface area (Å²) in [6.45, 7) is 1.37. The molecule has 0 rings (SSSR count). The molecule has 0 aliphatic rings. The molecule has 0 N–H and O–H groups in total. The number of hydrogen-bond acceptors (Lipinski definition) is 4. The minimum atomic E-state index is -1.02. The van der Waals surface area contributed by atoms with Crippen molar-refractivity contribution in [2.24, 2.45) is 0 Å². The van der Waals surface area contributed by atoms with Crippen molar-refractivity contribution >= 4 is 23.0 Å². The highest BCUT2D eigenvalue weighted by Gasteiger charge is 2.15. The van der Waals surface area contributed by atoms with Crippen molar-refractivity contribution in [2.45, 2.75) is 13.0 Å². The highest BCUT2D eigenvalue weighted by molar-refractivity contribution is 6.61. The molecule has 58 valence electrons. The summed E-state index contributed by atoms with van der Waals surface area (Å²) in [6.07, 6.45) is -0.935. The molecule has 0 bridgehead atoms. The zero-order chi connectivity index (χ0) is 8.15. The third kappa shape index (κ3) is 3.29. The zero-order valence-corrected chi connectivity index (χ0v) is 6.34. The van der Waals surface area contributed by atoms with Gasteiger partial charge in [-0.2, -0.15) is 0 Å². The van der Waals surface area contributed by atoms with Gasteiger partial charge in [0.05, 0.1) is 7.11 Å². The Morgan fingerprint density at radius 3 is 2.30 bits per heavy atom. The van der Waals surface area contributed by atoms with Crippen LogP contribution in [0.5, 0.6) is 0 Å². The van der Waals surface area contributed by atoms with E-state index in [4.69, 9.17) is 11.6 Å². The van der Waals surface area contributed by atoms with Gasteiger partial charge in [0, 0.05) is 11.6 Å². The third-order valence-electron chi connectivity index (χ3n) is 0.803. The highest BCUT2D eigenvalue weighted by Crippen LogP contribution is 1.97. The molecule has 1 unspecified atom stereocenters. The van der Waals surface area contributed by atoms with Crippen LogP contribution in [-0.4, -0.2) is 24.6 Å². The number of esters is 1. The van der Waals surface area contributed by atoms with Crippen LogP contribution in [0.4, 0.5) is 4.79 Å². The van der Waals surface area contributed by atoms with Crippen LogP contribution < -0.4 is 0 Å². The molecule has 0 saturated heterocycles. The molecule has 5 heteroatoms. The van der Waals surface area contributed by atoms with Gasteiger partial charge in [0.1, 0.15) is 0 Å². The van der Waals surface area contributed by atoms with Gasteiger partial charge in [-0.15, -0.1) is 0 Å². The first-order valence-corrected chi connectivity index (χ1v) is 2.89. The molecule has 1 atom stereocenters. The van der Waals surface area contributed by atoms with Gasteiger partial charge >= 0.3 is 11.4 Å². The van der Waals surface area contributed by atoms with Crippen LogP contribution in [0.3, 0.4) is 0 Å². The number of rotatable bonds is 2. The molecule has 0 saturated carbocycles. The van der Waals surface area contributed by atoms with E-state index >= 15 is 0 Å². The SMILES string of the molecule is COC(=O)C(C)OC(=O)Cl. The number of methoxy groups -OCH3 is 1. The smallest absolute Gasteiger partial charge is 0.404 e. The lowest BCUT2D eigenvalue weighted by Gasteiger charge is -2.06. The summed E-state index contributed by atoms with van der Waals surface area (Å²) >= 11 is 4.80. The Hall–Kier alpha value is -0.770. The van der Waals surface area contributed by atoms with Crippen molar-refractivity contribution in [3.63, 3.8) is 0 Å². The minimum absolute atomic E-state index is 0.631. The highest BCUT2D eigenvalue weighted by atomic mass is 35.5. The van der Waals surface area contributed by atoms with Crippen LogP contribution in [0.25, 0.3) is 0 Å². The Morgan fingerprint density at radius 2 is 2.00 bits per heavy atom. The molecular formula is C5H7ClO4. The predicted molar refractivity (Wildman–Crippen MR) is 33.8 cm³/mol. The number of carbonyl (C=O) groups is 2. The molecule has 0 aromatic carbocycles. The molecule has 0 spiro atoms. The second-order valence-corrected chi connectivity index (χ2v) is 1.83. The molecular weight excluding hydrogens is 160 g/mol. The summed E-state index contributed by atoms with van der Waals surface area (Å²) in [5.41, 5.74) is -1.02. The molecule has 0 heterocycles. The lowest BCUT2D eigenvalue weighted by atomic mass is 10.4. The third-order valence-corrected chi connectivity index (χ3v) is 0.892. The van der Waals surface area contributed by atoms with Gasteiger partial charge < -0.3 is 9.47 Å². The predicted octanol–water partition coefficient (Wildman–Crippen LogP) is 0.923. The minimum Gasteiger partial charge on any atom is -0.466 e. The van der Waals surface area contributed by atoms with Crippen molar-refractivity contribution in [3.8, 4) is 0 Å². The summed E-state index contributed by atoms with van der Waals surface area (Å²) in [4.78, 5) is 20.5. The van der Waals surface area contributed by atoms with Gasteiger partial charge in [-0.3, -0.25) is 0 Å². The fourth-order valence-electron chi connectivity index (χ4n) is 0.353. The van der Waals surface area contributed by atoms with Crippen LogP contribution in [0.1, 0.15) is 6.92 Å². The standard InChI is InChI=1S/C5H7ClO4/c1-3(4(7)9-2)10-5(6)8/h3H,1-2H3. The molecule has 0 fully saturated rings. The summed E-state index contributed by atoms with van der Waals surface area (Å²) in [5, 5.41) is 0. The first-order chi connectivity index (χ1) is 4.57. The van der Waals surface area contributed by atoms with Crippen molar-refractivity contribution in [2.75, 3.05) is 7.11 Å². The lowest BCUT2D eigenvalue weighted by Crippen LogP contribution is -2.22. The molecule has 0 radical (unpaired) electrons. The fraction of sp³-hybridized carbons (Fsp3) is 0.600. The Labute approximate surface area is 63.1 Å². The number of hydrogen-bond donors (Lipinski definition) is 0. The van der Waals surface area contributed by atoms with E-state index < -0.39 is 17.5 Å². The maximum atomic E-state index is 10.5. The van der Waals surface area contributed by atoms with Crippen LogP contribution in [0, 0.1) is 0 Å². The molecule has 4 nitrogen and oxygen atoms in total. The van der Waals surface area contributed by atoms with Gasteiger partial charge in [0.15, 0.2) is 6.10 Å². The van der Waals surface area contributed by atoms with Gasteiger partial charge in [-0.1, -0.05) is 0 Å². The average molecular weight is 167 g/mol. The van der Waals surface area contributed by atoms with Crippen molar-refractivity contribution in [1.29, 1.82) is 0 Å². The van der Waals surface area contributed by atoms with E-state index in [0.717, 1.165) is 0 Å². The maximum absolute atomic E-state index is 10.5. The summed E-state index contributed by atoms with van der Waals surface area (Å²) in [5.74, 6) is -0.631. The average Bonchev–Trinajstić information content (AvgIpc) is 1.85. The van der Waals surface area contributed by atoms with Crippen molar-refractivity contribution in [1.82, 2.24) is 0 Å². The van der Waals surface area contributed by atoms with Crippen LogP contribution >= 0.6 is 11.6 Å². The lowest BCUT2D eigenvalue weighted by molar-refractivity contribution is -0.149. The van der Waals surface area contributed by atoms with Gasteiger partial charge in [0.2, 0.25) is 0 Å². The molecule has 0 aliphatic heterocycles. The van der Waals surface area contributed by atoms with Gasteiger partial charge in [0.25, 0.3) is 0 Å². The topological polar surface area (TPSA) is 52.6 Å². The number of carbonyl (C=O) groups excluding carboxylic acids is 2. The molecule has 10 heavy (non-hydrogen) atoms. The van der Waals surface area contributed by atoms with Gasteiger partial charge in [-0.05, 0) is 6.92 Å². The first-order valence-electron chi connectivity index (χ1n) is 2.52. The van der Waals surface area contributed by atoms with E-state index in [2.05, 4.69) is 9.47 Å². The Balaban J connectivity index is 3.72. The Morgan fingerprint density at radius 1 is 1.50 bits per heavy atom. The van der Waals surface area contributed by atoms with Gasteiger partial charge in [-0.25, -0.2) is 9.59 Å². The summed E-state index contributed by atoms with van der Waals surface area (Å²) in [6, 6.07) is 0. The quantitative estimate of drug-likeness (QED) is 0.452. The van der Waals surface area contributed by atoms with E-state index in [9.17, 15) is 9.59 Å². The molecule has 0 aromatic heterocycles. The Kier molecular flexibility index (Phi) is 3.79. The van der Waals surface area contributed by atoms with Crippen LogP contribution in [0.2, 0.25) is 0 Å². The normalized spacial score (nSPS) is 11.9. The summed E-state index contributed by atoms with van der Waals surface area (Å²) < 4.78 is 8.49. The molecule has 0 aromatic rings. The fourth-order valence-corrected chi connectivity index (χ4v) is 0.487. The Bertz CT molecular complexity index is 145. The largest absolute Gasteiger partial charge is 0.466 e. The second-order valence-electron chi connectivity index (χ2n) is 1.52. The van der Waals surface area contributed by atoms with E-state index in [1.165, 1.54) is 14.0 Å². The van der Waals surface area contributed by atoms with Crippen molar-refractivity contribution < 1.29 is 19.1 Å². The molecule has 0 aliphatic carbocycles. The van der Waals surface area contributed by atoms with E-state index in [1.807, 2.05) is 0 Å². The van der Waals surface area contributed by atoms with E-state index in [0.29, 0.717) is 0 Å². The number of halogens is 1.